The van der Waals surface area contributed by atoms with Gasteiger partial charge in [-0.15, -0.1) is 12.4 Å². The van der Waals surface area contributed by atoms with Gasteiger partial charge in [-0.25, -0.2) is 8.42 Å². The van der Waals surface area contributed by atoms with Crippen LogP contribution in [0.5, 0.6) is 0 Å². The summed E-state index contributed by atoms with van der Waals surface area (Å²) in [5.74, 6) is 0.766. The van der Waals surface area contributed by atoms with Crippen LogP contribution in [0.4, 0.5) is 5.69 Å². The molecule has 1 aromatic heterocycles. The van der Waals surface area contributed by atoms with Crippen LogP contribution < -0.4 is 10.0 Å². The minimum Gasteiger partial charge on any atom is -0.334 e. The maximum absolute atomic E-state index is 11.5. The lowest BCUT2D eigenvalue weighted by Gasteiger charge is -2.30. The number of hydrogen-bond acceptors (Lipinski definition) is 7. The zero-order chi connectivity index (χ0) is 17.3. The lowest BCUT2D eigenvalue weighted by atomic mass is 10.1. The van der Waals surface area contributed by atoms with Gasteiger partial charge < -0.3 is 9.84 Å². The van der Waals surface area contributed by atoms with E-state index in [0.29, 0.717) is 22.1 Å². The summed E-state index contributed by atoms with van der Waals surface area (Å²) >= 11 is 6.03. The fourth-order valence-corrected chi connectivity index (χ4v) is 3.31. The molecule has 0 bridgehead atoms. The molecule has 1 aliphatic rings. The van der Waals surface area contributed by atoms with Crippen molar-refractivity contribution < 1.29 is 12.9 Å². The van der Waals surface area contributed by atoms with Gasteiger partial charge in [-0.05, 0) is 25.2 Å². The SMILES string of the molecule is CN1CCNCC1c1noc(-c2cc(Cl)ccc2NS(C)(=O)=O)n1.Cl. The average Bonchev–Trinajstić information content (AvgIpc) is 2.98. The van der Waals surface area contributed by atoms with Gasteiger partial charge in [0.1, 0.15) is 0 Å². The Bertz CT molecular complexity index is 843. The first kappa shape index (κ1) is 19.9. The molecule has 0 radical (unpaired) electrons. The second kappa shape index (κ2) is 7.88. The second-order valence-electron chi connectivity index (χ2n) is 5.72. The monoisotopic (exact) mass is 407 g/mol. The third kappa shape index (κ3) is 4.83. The van der Waals surface area contributed by atoms with E-state index in [1.165, 1.54) is 0 Å². The van der Waals surface area contributed by atoms with Crippen LogP contribution >= 0.6 is 24.0 Å². The van der Waals surface area contributed by atoms with Crippen LogP contribution in [0.3, 0.4) is 0 Å². The van der Waals surface area contributed by atoms with Gasteiger partial charge in [-0.3, -0.25) is 9.62 Å². The summed E-state index contributed by atoms with van der Waals surface area (Å²) in [6.07, 6.45) is 1.08. The lowest BCUT2D eigenvalue weighted by molar-refractivity contribution is 0.190. The van der Waals surface area contributed by atoms with E-state index in [9.17, 15) is 8.42 Å². The Morgan fingerprint density at radius 2 is 2.20 bits per heavy atom. The largest absolute Gasteiger partial charge is 0.334 e. The van der Waals surface area contributed by atoms with Crippen molar-refractivity contribution in [2.75, 3.05) is 37.7 Å². The number of piperazine rings is 1. The summed E-state index contributed by atoms with van der Waals surface area (Å²) < 4.78 is 30.9. The van der Waals surface area contributed by atoms with Crippen molar-refractivity contribution in [1.82, 2.24) is 20.4 Å². The van der Waals surface area contributed by atoms with Gasteiger partial charge in [0, 0.05) is 24.7 Å². The van der Waals surface area contributed by atoms with Crippen LogP contribution in [-0.4, -0.2) is 56.4 Å². The zero-order valence-electron chi connectivity index (χ0n) is 13.7. The molecule has 2 N–H and O–H groups in total. The lowest BCUT2D eigenvalue weighted by Crippen LogP contribution is -2.44. The molecule has 138 valence electrons. The molecule has 11 heteroatoms. The van der Waals surface area contributed by atoms with Crippen molar-refractivity contribution in [3.05, 3.63) is 29.0 Å². The van der Waals surface area contributed by atoms with Crippen molar-refractivity contribution in [3.63, 3.8) is 0 Å². The third-order valence-electron chi connectivity index (χ3n) is 3.76. The highest BCUT2D eigenvalue weighted by atomic mass is 35.5. The van der Waals surface area contributed by atoms with E-state index in [4.69, 9.17) is 16.1 Å². The average molecular weight is 408 g/mol. The Morgan fingerprint density at radius 3 is 2.88 bits per heavy atom. The van der Waals surface area contributed by atoms with Crippen LogP contribution in [0.25, 0.3) is 11.5 Å². The summed E-state index contributed by atoms with van der Waals surface area (Å²) in [6, 6.07) is 4.75. The Kier molecular flexibility index (Phi) is 6.28. The fourth-order valence-electron chi connectivity index (χ4n) is 2.56. The second-order valence-corrected chi connectivity index (χ2v) is 7.91. The number of halogens is 2. The number of nitrogens with one attached hydrogen (secondary N) is 2. The predicted molar refractivity (Wildman–Crippen MR) is 98.7 cm³/mol. The minimum atomic E-state index is -3.44. The smallest absolute Gasteiger partial charge is 0.260 e. The van der Waals surface area contributed by atoms with E-state index >= 15 is 0 Å². The Morgan fingerprint density at radius 1 is 1.44 bits per heavy atom. The fraction of sp³-hybridized carbons (Fsp3) is 0.429. The number of benzene rings is 1. The summed E-state index contributed by atoms with van der Waals surface area (Å²) in [5.41, 5.74) is 0.783. The molecule has 8 nitrogen and oxygen atoms in total. The van der Waals surface area contributed by atoms with Crippen LogP contribution in [0.2, 0.25) is 5.02 Å². The summed E-state index contributed by atoms with van der Waals surface area (Å²) in [4.78, 5) is 6.57. The number of hydrogen-bond donors (Lipinski definition) is 2. The van der Waals surface area contributed by atoms with Crippen molar-refractivity contribution in [2.24, 2.45) is 0 Å². The van der Waals surface area contributed by atoms with Crippen LogP contribution in [0, 0.1) is 0 Å². The van der Waals surface area contributed by atoms with Crippen LogP contribution in [-0.2, 0) is 10.0 Å². The first-order valence-electron chi connectivity index (χ1n) is 7.36. The highest BCUT2D eigenvalue weighted by Gasteiger charge is 2.26. The number of rotatable bonds is 4. The molecule has 1 aliphatic heterocycles. The number of anilines is 1. The maximum Gasteiger partial charge on any atom is 0.260 e. The molecule has 25 heavy (non-hydrogen) atoms. The zero-order valence-corrected chi connectivity index (χ0v) is 16.1. The molecule has 3 rings (SSSR count). The molecule has 1 aromatic carbocycles. The van der Waals surface area contributed by atoms with Gasteiger partial charge in [0.05, 0.1) is 23.5 Å². The summed E-state index contributed by atoms with van der Waals surface area (Å²) in [6.45, 7) is 2.51. The standard InChI is InChI=1S/C14H18ClN5O3S.ClH/c1-20-6-5-16-8-12(20)13-17-14(23-18-13)10-7-9(15)3-4-11(10)19-24(2,21)22;/h3-4,7,12,16,19H,5-6,8H2,1-2H3;1H. The summed E-state index contributed by atoms with van der Waals surface area (Å²) in [5, 5.41) is 7.78. The Hall–Kier alpha value is -1.39. The van der Waals surface area contributed by atoms with E-state index in [2.05, 4.69) is 25.1 Å². The summed E-state index contributed by atoms with van der Waals surface area (Å²) in [7, 11) is -1.45. The normalized spacial score (nSPS) is 18.6. The van der Waals surface area contributed by atoms with Crippen molar-refractivity contribution in [1.29, 1.82) is 0 Å². The maximum atomic E-state index is 11.5. The Labute approximate surface area is 157 Å². The first-order valence-corrected chi connectivity index (χ1v) is 9.63. The molecule has 2 aromatic rings. The highest BCUT2D eigenvalue weighted by Crippen LogP contribution is 2.31. The predicted octanol–water partition coefficient (Wildman–Crippen LogP) is 1.76. The molecule has 0 amide bonds. The van der Waals surface area contributed by atoms with E-state index in [0.717, 1.165) is 25.9 Å². The molecule has 0 saturated carbocycles. The number of likely N-dealkylation sites (N-methyl/N-ethyl adjacent to an activating group) is 1. The molecule has 0 aliphatic carbocycles. The number of nitrogens with zero attached hydrogens (tertiary/aromatic N) is 3. The van der Waals surface area contributed by atoms with Gasteiger partial charge in [0.2, 0.25) is 10.0 Å². The first-order chi connectivity index (χ1) is 11.3. The number of sulfonamides is 1. The molecule has 0 spiro atoms. The molecule has 1 fully saturated rings. The molecule has 1 atom stereocenters. The topological polar surface area (TPSA) is 100 Å². The Balaban J connectivity index is 0.00000225. The van der Waals surface area contributed by atoms with Crippen molar-refractivity contribution >= 4 is 39.7 Å². The van der Waals surface area contributed by atoms with Crippen molar-refractivity contribution in [3.8, 4) is 11.5 Å². The molecular formula is C14H19Cl2N5O3S. The van der Waals surface area contributed by atoms with Crippen LogP contribution in [0.1, 0.15) is 11.9 Å². The molecule has 1 unspecified atom stereocenters. The van der Waals surface area contributed by atoms with Crippen LogP contribution in [0.15, 0.2) is 22.7 Å². The molecule has 2 heterocycles. The molecule has 1 saturated heterocycles. The third-order valence-corrected chi connectivity index (χ3v) is 4.58. The van der Waals surface area contributed by atoms with Crippen molar-refractivity contribution in [2.45, 2.75) is 6.04 Å². The van der Waals surface area contributed by atoms with Gasteiger partial charge in [-0.1, -0.05) is 16.8 Å². The highest BCUT2D eigenvalue weighted by molar-refractivity contribution is 7.92. The van der Waals surface area contributed by atoms with E-state index in [1.54, 1.807) is 18.2 Å². The number of aromatic nitrogens is 2. The van der Waals surface area contributed by atoms with Gasteiger partial charge >= 0.3 is 0 Å². The van der Waals surface area contributed by atoms with Gasteiger partial charge in [0.15, 0.2) is 5.82 Å². The van der Waals surface area contributed by atoms with E-state index in [1.807, 2.05) is 7.05 Å². The quantitative estimate of drug-likeness (QED) is 0.795. The van der Waals surface area contributed by atoms with E-state index in [-0.39, 0.29) is 24.3 Å². The minimum absolute atomic E-state index is 0. The van der Waals surface area contributed by atoms with Gasteiger partial charge in [0.25, 0.3) is 5.89 Å². The van der Waals surface area contributed by atoms with Gasteiger partial charge in [-0.2, -0.15) is 4.98 Å². The molecular weight excluding hydrogens is 389 g/mol. The van der Waals surface area contributed by atoms with E-state index < -0.39 is 10.0 Å².